The fourth-order valence-electron chi connectivity index (χ4n) is 1.36. The molecular weight excluding hydrogens is 218 g/mol. The van der Waals surface area contributed by atoms with Crippen molar-refractivity contribution in [2.24, 2.45) is 0 Å². The molecule has 0 unspecified atom stereocenters. The smallest absolute Gasteiger partial charge is 0.0889 e. The molecule has 1 aromatic carbocycles. The number of β-amino-alcohol motifs (C(OH)–C–C–N with tert-alkyl or cyclic N) is 1. The molecule has 3 heteroatoms. The number of rotatable bonds is 1. The highest BCUT2D eigenvalue weighted by molar-refractivity contribution is 9.10. The van der Waals surface area contributed by atoms with Gasteiger partial charge in [-0.2, -0.15) is 0 Å². The number of nitrogens with zero attached hydrogens (tertiary/aromatic N) is 1. The summed E-state index contributed by atoms with van der Waals surface area (Å²) in [6.45, 7) is 1.51. The van der Waals surface area contributed by atoms with Crippen molar-refractivity contribution < 1.29 is 5.11 Å². The van der Waals surface area contributed by atoms with Crippen molar-refractivity contribution in [2.75, 3.05) is 18.0 Å². The molecule has 0 bridgehead atoms. The van der Waals surface area contributed by atoms with Gasteiger partial charge in [0.25, 0.3) is 0 Å². The molecule has 1 saturated heterocycles. The van der Waals surface area contributed by atoms with E-state index in [1.54, 1.807) is 0 Å². The Labute approximate surface area is 79.9 Å². The zero-order valence-corrected chi connectivity index (χ0v) is 8.16. The van der Waals surface area contributed by atoms with Gasteiger partial charge in [0.05, 0.1) is 11.8 Å². The summed E-state index contributed by atoms with van der Waals surface area (Å²) in [4.78, 5) is 2.15. The zero-order valence-electron chi connectivity index (χ0n) is 6.57. The van der Waals surface area contributed by atoms with Crippen molar-refractivity contribution in [3.63, 3.8) is 0 Å². The van der Waals surface area contributed by atoms with Gasteiger partial charge < -0.3 is 10.0 Å². The topological polar surface area (TPSA) is 23.5 Å². The van der Waals surface area contributed by atoms with Crippen molar-refractivity contribution in [1.82, 2.24) is 0 Å². The Kier molecular flexibility index (Phi) is 2.07. The van der Waals surface area contributed by atoms with Crippen LogP contribution in [0.1, 0.15) is 0 Å². The Morgan fingerprint density at radius 1 is 1.33 bits per heavy atom. The number of anilines is 1. The van der Waals surface area contributed by atoms with Crippen LogP contribution in [0.25, 0.3) is 0 Å². The van der Waals surface area contributed by atoms with Crippen LogP contribution >= 0.6 is 15.9 Å². The highest BCUT2D eigenvalue weighted by Gasteiger charge is 2.25. The highest BCUT2D eigenvalue weighted by atomic mass is 79.9. The summed E-state index contributed by atoms with van der Waals surface area (Å²) < 4.78 is 1.09. The molecule has 2 nitrogen and oxygen atoms in total. The van der Waals surface area contributed by atoms with E-state index in [1.807, 2.05) is 18.2 Å². The van der Waals surface area contributed by atoms with Gasteiger partial charge in [0, 0.05) is 17.6 Å². The Morgan fingerprint density at radius 3 is 2.58 bits per heavy atom. The first-order valence-electron chi connectivity index (χ1n) is 3.95. The van der Waals surface area contributed by atoms with Crippen LogP contribution in [0, 0.1) is 0 Å². The van der Waals surface area contributed by atoms with Gasteiger partial charge in [0.1, 0.15) is 0 Å². The fraction of sp³-hybridized carbons (Fsp3) is 0.333. The highest BCUT2D eigenvalue weighted by Crippen LogP contribution is 2.28. The second kappa shape index (κ2) is 3.07. The molecule has 0 aliphatic carbocycles. The molecule has 1 fully saturated rings. The lowest BCUT2D eigenvalue weighted by Crippen LogP contribution is -2.50. The Hall–Kier alpha value is -0.540. The molecule has 1 aliphatic rings. The third kappa shape index (κ3) is 1.34. The molecule has 1 N–H and O–H groups in total. The maximum Gasteiger partial charge on any atom is 0.0889 e. The van der Waals surface area contributed by atoms with Crippen LogP contribution in [-0.2, 0) is 0 Å². The molecule has 2 rings (SSSR count). The number of benzene rings is 1. The first-order valence-corrected chi connectivity index (χ1v) is 4.74. The van der Waals surface area contributed by atoms with Crippen LogP contribution in [-0.4, -0.2) is 24.3 Å². The summed E-state index contributed by atoms with van der Waals surface area (Å²) in [6.07, 6.45) is -0.142. The van der Waals surface area contributed by atoms with Crippen molar-refractivity contribution in [2.45, 2.75) is 6.10 Å². The minimum Gasteiger partial charge on any atom is -0.389 e. The van der Waals surface area contributed by atoms with Crippen LogP contribution in [0.3, 0.4) is 0 Å². The summed E-state index contributed by atoms with van der Waals surface area (Å²) in [5.74, 6) is 0. The molecule has 1 heterocycles. The summed E-state index contributed by atoms with van der Waals surface area (Å²) in [6, 6.07) is 8.06. The monoisotopic (exact) mass is 227 g/mol. The van der Waals surface area contributed by atoms with Crippen LogP contribution in [0.15, 0.2) is 28.7 Å². The number of halogens is 1. The number of hydrogen-bond acceptors (Lipinski definition) is 2. The summed E-state index contributed by atoms with van der Waals surface area (Å²) in [5, 5.41) is 9.11. The standard InChI is InChI=1S/C9H10BrNO/c10-8-3-1-2-4-9(8)11-5-7(12)6-11/h1-4,7,12H,5-6H2. The molecule has 0 amide bonds. The zero-order chi connectivity index (χ0) is 8.55. The molecule has 0 radical (unpaired) electrons. The van der Waals surface area contributed by atoms with Gasteiger partial charge in [0.2, 0.25) is 0 Å². The maximum atomic E-state index is 9.11. The van der Waals surface area contributed by atoms with Gasteiger partial charge in [0.15, 0.2) is 0 Å². The Balaban J connectivity index is 2.18. The second-order valence-electron chi connectivity index (χ2n) is 3.01. The van der Waals surface area contributed by atoms with Gasteiger partial charge in [-0.15, -0.1) is 0 Å². The van der Waals surface area contributed by atoms with Gasteiger partial charge in [-0.25, -0.2) is 0 Å². The van der Waals surface area contributed by atoms with E-state index in [-0.39, 0.29) is 6.10 Å². The van der Waals surface area contributed by atoms with E-state index in [0.717, 1.165) is 17.6 Å². The number of hydrogen-bond donors (Lipinski definition) is 1. The Morgan fingerprint density at radius 2 is 2.00 bits per heavy atom. The van der Waals surface area contributed by atoms with Crippen molar-refractivity contribution in [3.8, 4) is 0 Å². The SMILES string of the molecule is OC1CN(c2ccccc2Br)C1. The number of aliphatic hydroxyl groups is 1. The lowest BCUT2D eigenvalue weighted by Gasteiger charge is -2.38. The van der Waals surface area contributed by atoms with E-state index in [9.17, 15) is 0 Å². The van der Waals surface area contributed by atoms with Crippen LogP contribution < -0.4 is 4.90 Å². The molecule has 12 heavy (non-hydrogen) atoms. The normalized spacial score (nSPS) is 17.7. The van der Waals surface area contributed by atoms with Crippen molar-refractivity contribution in [1.29, 1.82) is 0 Å². The molecule has 0 atom stereocenters. The second-order valence-corrected chi connectivity index (χ2v) is 3.86. The average Bonchev–Trinajstić information content (AvgIpc) is 2.01. The largest absolute Gasteiger partial charge is 0.389 e. The molecule has 1 aromatic rings. The minimum atomic E-state index is -0.142. The molecule has 0 spiro atoms. The quantitative estimate of drug-likeness (QED) is 0.789. The summed E-state index contributed by atoms with van der Waals surface area (Å²) >= 11 is 3.47. The predicted octanol–water partition coefficient (Wildman–Crippen LogP) is 1.63. The van der Waals surface area contributed by atoms with E-state index in [1.165, 1.54) is 5.69 Å². The first kappa shape index (κ1) is 8.08. The Bertz CT molecular complexity index is 284. The summed E-state index contributed by atoms with van der Waals surface area (Å²) in [7, 11) is 0. The van der Waals surface area contributed by atoms with E-state index in [4.69, 9.17) is 5.11 Å². The minimum absolute atomic E-state index is 0.142. The van der Waals surface area contributed by atoms with Crippen molar-refractivity contribution in [3.05, 3.63) is 28.7 Å². The van der Waals surface area contributed by atoms with E-state index >= 15 is 0 Å². The molecular formula is C9H10BrNO. The lowest BCUT2D eigenvalue weighted by atomic mass is 10.1. The molecule has 64 valence electrons. The third-order valence-electron chi connectivity index (χ3n) is 2.06. The fourth-order valence-corrected chi connectivity index (χ4v) is 1.90. The van der Waals surface area contributed by atoms with Gasteiger partial charge in [-0.05, 0) is 28.1 Å². The van der Waals surface area contributed by atoms with Crippen LogP contribution in [0.4, 0.5) is 5.69 Å². The number of aliphatic hydroxyl groups excluding tert-OH is 1. The third-order valence-corrected chi connectivity index (χ3v) is 2.73. The predicted molar refractivity (Wildman–Crippen MR) is 52.4 cm³/mol. The summed E-state index contributed by atoms with van der Waals surface area (Å²) in [5.41, 5.74) is 1.17. The van der Waals surface area contributed by atoms with Crippen molar-refractivity contribution >= 4 is 21.6 Å². The van der Waals surface area contributed by atoms with Gasteiger partial charge >= 0.3 is 0 Å². The molecule has 1 aliphatic heterocycles. The molecule has 0 aromatic heterocycles. The first-order chi connectivity index (χ1) is 5.77. The number of para-hydroxylation sites is 1. The van der Waals surface area contributed by atoms with E-state index < -0.39 is 0 Å². The van der Waals surface area contributed by atoms with E-state index in [2.05, 4.69) is 26.9 Å². The van der Waals surface area contributed by atoms with E-state index in [0.29, 0.717) is 0 Å². The van der Waals surface area contributed by atoms with Gasteiger partial charge in [-0.3, -0.25) is 0 Å². The maximum absolute atomic E-state index is 9.11. The van der Waals surface area contributed by atoms with Gasteiger partial charge in [-0.1, -0.05) is 12.1 Å². The van der Waals surface area contributed by atoms with Crippen LogP contribution in [0.2, 0.25) is 0 Å². The van der Waals surface area contributed by atoms with Crippen LogP contribution in [0.5, 0.6) is 0 Å². The lowest BCUT2D eigenvalue weighted by molar-refractivity contribution is 0.142. The average molecular weight is 228 g/mol. The molecule has 0 saturated carbocycles.